The van der Waals surface area contributed by atoms with Gasteiger partial charge in [0.15, 0.2) is 0 Å². The molecule has 0 bridgehead atoms. The Morgan fingerprint density at radius 1 is 1.24 bits per heavy atom. The van der Waals surface area contributed by atoms with Crippen molar-refractivity contribution in [2.75, 3.05) is 12.4 Å². The van der Waals surface area contributed by atoms with Crippen molar-refractivity contribution in [1.82, 2.24) is 9.97 Å². The molecule has 7 nitrogen and oxygen atoms in total. The number of nitrogens with one attached hydrogen (secondary N) is 1. The highest BCUT2D eigenvalue weighted by Crippen LogP contribution is 2.35. The fraction of sp³-hybridized carbons (Fsp3) is 0.167. The topological polar surface area (TPSA) is 93.5 Å². The number of rotatable bonds is 5. The van der Waals surface area contributed by atoms with Crippen LogP contribution in [0, 0.1) is 4.91 Å². The highest BCUT2D eigenvalue weighted by molar-refractivity contribution is 6.31. The van der Waals surface area contributed by atoms with Gasteiger partial charge >= 0.3 is 12.1 Å². The van der Waals surface area contributed by atoms with Crippen LogP contribution in [0.2, 0.25) is 5.02 Å². The molecular formula is C18H12ClF3N4O3. The lowest BCUT2D eigenvalue weighted by Gasteiger charge is -2.13. The Labute approximate surface area is 166 Å². The van der Waals surface area contributed by atoms with E-state index in [0.29, 0.717) is 5.56 Å². The Hall–Kier alpha value is -3.27. The van der Waals surface area contributed by atoms with Crippen LogP contribution >= 0.6 is 11.6 Å². The lowest BCUT2D eigenvalue weighted by Crippen LogP contribution is -2.09. The summed E-state index contributed by atoms with van der Waals surface area (Å²) in [5.41, 5.74) is -0.496. The molecule has 0 unspecified atom stereocenters. The van der Waals surface area contributed by atoms with Gasteiger partial charge in [-0.1, -0.05) is 17.7 Å². The zero-order chi connectivity index (χ0) is 21.2. The molecule has 29 heavy (non-hydrogen) atoms. The minimum Gasteiger partial charge on any atom is -0.465 e. The zero-order valence-corrected chi connectivity index (χ0v) is 15.5. The Morgan fingerprint density at radius 2 is 2.00 bits per heavy atom. The first kappa shape index (κ1) is 20.5. The molecule has 0 radical (unpaired) electrons. The van der Waals surface area contributed by atoms with Gasteiger partial charge in [0.1, 0.15) is 17.8 Å². The number of methoxy groups -OCH3 is 1. The summed E-state index contributed by atoms with van der Waals surface area (Å²) in [5, 5.41) is 5.59. The summed E-state index contributed by atoms with van der Waals surface area (Å²) < 4.78 is 43.8. The second kappa shape index (κ2) is 8.00. The minimum absolute atomic E-state index is 0.0101. The summed E-state index contributed by atoms with van der Waals surface area (Å²) in [6, 6.07) is 6.11. The molecule has 1 N–H and O–H groups in total. The average Bonchev–Trinajstić information content (AvgIpc) is 2.70. The van der Waals surface area contributed by atoms with Crippen LogP contribution in [0.25, 0.3) is 10.9 Å². The first-order chi connectivity index (χ1) is 13.7. The number of nitroso groups, excluding NO2 is 1. The zero-order valence-electron chi connectivity index (χ0n) is 14.7. The lowest BCUT2D eigenvalue weighted by molar-refractivity contribution is -0.137. The van der Waals surface area contributed by atoms with E-state index in [-0.39, 0.29) is 34.5 Å². The van der Waals surface area contributed by atoms with E-state index in [4.69, 9.17) is 11.6 Å². The van der Waals surface area contributed by atoms with E-state index in [2.05, 4.69) is 25.2 Å². The number of benzene rings is 2. The Morgan fingerprint density at radius 3 is 2.66 bits per heavy atom. The van der Waals surface area contributed by atoms with E-state index < -0.39 is 22.7 Å². The van der Waals surface area contributed by atoms with Gasteiger partial charge in [0.2, 0.25) is 0 Å². The van der Waals surface area contributed by atoms with Gasteiger partial charge in [-0.2, -0.15) is 13.2 Å². The fourth-order valence-electron chi connectivity index (χ4n) is 2.70. The number of aromatic nitrogens is 2. The summed E-state index contributed by atoms with van der Waals surface area (Å²) in [4.78, 5) is 31.1. The summed E-state index contributed by atoms with van der Waals surface area (Å²) in [7, 11) is 1.17. The molecule has 3 aromatic rings. The molecule has 0 aliphatic carbocycles. The number of carbonyl (C=O) groups excluding carboxylic acids is 1. The number of esters is 1. The third kappa shape index (κ3) is 4.27. The van der Waals surface area contributed by atoms with Gasteiger partial charge in [-0.05, 0) is 35.0 Å². The second-order valence-corrected chi connectivity index (χ2v) is 6.27. The normalized spacial score (nSPS) is 11.3. The predicted octanol–water partition coefficient (Wildman–Crippen LogP) is 5.10. The number of halogens is 4. The predicted molar refractivity (Wildman–Crippen MR) is 100 cm³/mol. The second-order valence-electron chi connectivity index (χ2n) is 5.86. The van der Waals surface area contributed by atoms with Gasteiger partial charge in [-0.3, -0.25) is 0 Å². The van der Waals surface area contributed by atoms with E-state index in [1.165, 1.54) is 31.6 Å². The Bertz CT molecular complexity index is 1110. The van der Waals surface area contributed by atoms with Crippen molar-refractivity contribution in [3.63, 3.8) is 0 Å². The molecular weight excluding hydrogens is 413 g/mol. The molecule has 0 spiro atoms. The Kier molecular flexibility index (Phi) is 5.64. The van der Waals surface area contributed by atoms with Crippen molar-refractivity contribution in [2.45, 2.75) is 12.7 Å². The molecule has 1 aromatic heterocycles. The van der Waals surface area contributed by atoms with Crippen LogP contribution in [0.3, 0.4) is 0 Å². The number of nitrogens with zero attached hydrogens (tertiary/aromatic N) is 3. The molecule has 2 aromatic carbocycles. The van der Waals surface area contributed by atoms with E-state index in [0.717, 1.165) is 12.1 Å². The maximum atomic E-state index is 13.0. The number of alkyl halides is 3. The maximum Gasteiger partial charge on any atom is 0.417 e. The van der Waals surface area contributed by atoms with E-state index in [1.54, 1.807) is 0 Å². The summed E-state index contributed by atoms with van der Waals surface area (Å²) >= 11 is 5.63. The van der Waals surface area contributed by atoms with Crippen LogP contribution in [0.1, 0.15) is 21.5 Å². The van der Waals surface area contributed by atoms with Gasteiger partial charge in [-0.25, -0.2) is 14.8 Å². The van der Waals surface area contributed by atoms with Crippen molar-refractivity contribution in [3.05, 3.63) is 63.3 Å². The number of anilines is 1. The van der Waals surface area contributed by atoms with Crippen LogP contribution in [0.4, 0.5) is 24.7 Å². The van der Waals surface area contributed by atoms with Crippen molar-refractivity contribution < 1.29 is 22.7 Å². The van der Waals surface area contributed by atoms with Gasteiger partial charge in [0.05, 0.1) is 28.8 Å². The molecule has 0 amide bonds. The number of hydrogen-bond acceptors (Lipinski definition) is 7. The SMILES string of the molecule is COC(=O)c1cc(N=O)cc2c(NCc3ccc(Cl)c(C(F)(F)F)c3)ncnc12. The van der Waals surface area contributed by atoms with Crippen LogP contribution in [-0.4, -0.2) is 23.0 Å². The highest BCUT2D eigenvalue weighted by atomic mass is 35.5. The van der Waals surface area contributed by atoms with E-state index >= 15 is 0 Å². The molecule has 0 saturated carbocycles. The summed E-state index contributed by atoms with van der Waals surface area (Å²) in [6.45, 7) is -0.0291. The number of fused-ring (bicyclic) bond motifs is 1. The molecule has 150 valence electrons. The monoisotopic (exact) mass is 424 g/mol. The fourth-order valence-corrected chi connectivity index (χ4v) is 2.92. The van der Waals surface area contributed by atoms with Gasteiger partial charge in [0, 0.05) is 11.9 Å². The molecule has 3 rings (SSSR count). The molecule has 0 atom stereocenters. The first-order valence-corrected chi connectivity index (χ1v) is 8.42. The molecule has 11 heteroatoms. The van der Waals surface area contributed by atoms with E-state index in [1.807, 2.05) is 0 Å². The molecule has 0 aliphatic heterocycles. The van der Waals surface area contributed by atoms with Crippen LogP contribution in [-0.2, 0) is 17.5 Å². The van der Waals surface area contributed by atoms with Crippen LogP contribution in [0.5, 0.6) is 0 Å². The summed E-state index contributed by atoms with van der Waals surface area (Å²) in [5.74, 6) is -0.521. The number of carbonyl (C=O) groups is 1. The maximum absolute atomic E-state index is 13.0. The van der Waals surface area contributed by atoms with Crippen molar-refractivity contribution in [3.8, 4) is 0 Å². The largest absolute Gasteiger partial charge is 0.465 e. The van der Waals surface area contributed by atoms with Gasteiger partial charge < -0.3 is 10.1 Å². The quantitative estimate of drug-likeness (QED) is 0.452. The number of ether oxygens (including phenoxy) is 1. The number of hydrogen-bond donors (Lipinski definition) is 1. The highest BCUT2D eigenvalue weighted by Gasteiger charge is 2.33. The van der Waals surface area contributed by atoms with Crippen molar-refractivity contribution in [2.24, 2.45) is 5.18 Å². The minimum atomic E-state index is -4.59. The molecule has 0 fully saturated rings. The average molecular weight is 425 g/mol. The Balaban J connectivity index is 1.99. The third-order valence-electron chi connectivity index (χ3n) is 4.03. The molecule has 1 heterocycles. The van der Waals surface area contributed by atoms with E-state index in [9.17, 15) is 22.9 Å². The van der Waals surface area contributed by atoms with Crippen LogP contribution in [0.15, 0.2) is 41.8 Å². The molecule has 0 aliphatic rings. The first-order valence-electron chi connectivity index (χ1n) is 8.04. The van der Waals surface area contributed by atoms with Crippen molar-refractivity contribution >= 4 is 40.0 Å². The van der Waals surface area contributed by atoms with Crippen LogP contribution < -0.4 is 5.32 Å². The summed E-state index contributed by atoms with van der Waals surface area (Å²) in [6.07, 6.45) is -3.41. The standard InChI is InChI=1S/C18H12ClF3N4O3/c1-29-17(27)12-6-10(26-28)5-11-15(12)24-8-25-16(11)23-7-9-2-3-14(19)13(4-9)18(20,21)22/h2-6,8H,7H2,1H3,(H,23,24,25). The van der Waals surface area contributed by atoms with Gasteiger partial charge in [-0.15, -0.1) is 4.91 Å². The molecule has 0 saturated heterocycles. The third-order valence-corrected chi connectivity index (χ3v) is 4.36. The van der Waals surface area contributed by atoms with Crippen molar-refractivity contribution in [1.29, 1.82) is 0 Å². The van der Waals surface area contributed by atoms with Gasteiger partial charge in [0.25, 0.3) is 0 Å². The lowest BCUT2D eigenvalue weighted by atomic mass is 10.1. The smallest absolute Gasteiger partial charge is 0.417 e.